The number of nitrogens with one attached hydrogen (secondary N) is 1. The van der Waals surface area contributed by atoms with Crippen LogP contribution in [0.15, 0.2) is 28.8 Å². The summed E-state index contributed by atoms with van der Waals surface area (Å²) in [6.45, 7) is 6.78. The van der Waals surface area contributed by atoms with Crippen LogP contribution in [-0.2, 0) is 6.54 Å². The van der Waals surface area contributed by atoms with Gasteiger partial charge in [0.2, 0.25) is 5.89 Å². The van der Waals surface area contributed by atoms with Gasteiger partial charge in [0.25, 0.3) is 0 Å². The zero-order valence-corrected chi connectivity index (χ0v) is 12.6. The zero-order valence-electron chi connectivity index (χ0n) is 11.8. The molecule has 4 nitrogen and oxygen atoms in total. The monoisotopic (exact) mass is 287 g/mol. The first-order chi connectivity index (χ1) is 9.65. The van der Waals surface area contributed by atoms with Crippen LogP contribution in [0.5, 0.6) is 0 Å². The molecule has 0 spiro atoms. The van der Waals surface area contributed by atoms with Gasteiger partial charge in [0.05, 0.1) is 6.54 Å². The van der Waals surface area contributed by atoms with Gasteiger partial charge in [-0.25, -0.2) is 0 Å². The Morgan fingerprint density at radius 2 is 2.10 bits per heavy atom. The Morgan fingerprint density at radius 3 is 2.80 bits per heavy atom. The molecule has 0 amide bonds. The van der Waals surface area contributed by atoms with Crippen LogP contribution in [0.4, 0.5) is 0 Å². The van der Waals surface area contributed by atoms with Gasteiger partial charge in [-0.1, -0.05) is 23.4 Å². The van der Waals surface area contributed by atoms with Crippen molar-refractivity contribution in [2.45, 2.75) is 33.4 Å². The number of rotatable bonds is 4. The average molecular weight is 287 g/mol. The quantitative estimate of drug-likeness (QED) is 0.794. The minimum absolute atomic E-state index is 0.270. The number of nitrogens with zero attached hydrogens (tertiary/aromatic N) is 2. The van der Waals surface area contributed by atoms with Crippen LogP contribution >= 0.6 is 11.3 Å². The Balaban J connectivity index is 1.78. The van der Waals surface area contributed by atoms with Crippen molar-refractivity contribution in [2.24, 2.45) is 0 Å². The Hall–Kier alpha value is -1.72. The molecule has 1 atom stereocenters. The van der Waals surface area contributed by atoms with E-state index in [1.807, 2.05) is 11.3 Å². The van der Waals surface area contributed by atoms with Crippen molar-refractivity contribution in [3.63, 3.8) is 0 Å². The lowest BCUT2D eigenvalue weighted by molar-refractivity contribution is 0.384. The minimum atomic E-state index is 0.270. The molecular formula is C15H17N3OS. The van der Waals surface area contributed by atoms with E-state index in [4.69, 9.17) is 4.52 Å². The fraction of sp³-hybridized carbons (Fsp3) is 0.333. The lowest BCUT2D eigenvalue weighted by atomic mass is 10.1. The van der Waals surface area contributed by atoms with Gasteiger partial charge in [0, 0.05) is 22.5 Å². The molecule has 0 radical (unpaired) electrons. The molecule has 0 aliphatic carbocycles. The molecule has 1 aromatic carbocycles. The molecule has 0 saturated heterocycles. The molecule has 104 valence electrons. The number of fused-ring (bicyclic) bond motifs is 1. The van der Waals surface area contributed by atoms with Crippen molar-refractivity contribution < 1.29 is 4.52 Å². The van der Waals surface area contributed by atoms with Gasteiger partial charge >= 0.3 is 0 Å². The summed E-state index contributed by atoms with van der Waals surface area (Å²) in [6.07, 6.45) is 0. The molecule has 3 aromatic rings. The van der Waals surface area contributed by atoms with Gasteiger partial charge < -0.3 is 9.84 Å². The predicted molar refractivity (Wildman–Crippen MR) is 80.9 cm³/mol. The van der Waals surface area contributed by atoms with Crippen LogP contribution < -0.4 is 5.32 Å². The summed E-state index contributed by atoms with van der Waals surface area (Å²) in [7, 11) is 0. The summed E-state index contributed by atoms with van der Waals surface area (Å²) >= 11 is 1.85. The van der Waals surface area contributed by atoms with Crippen LogP contribution in [0, 0.1) is 13.8 Å². The molecule has 0 bridgehead atoms. The number of hydrogen-bond donors (Lipinski definition) is 1. The van der Waals surface area contributed by atoms with Crippen LogP contribution in [-0.4, -0.2) is 10.1 Å². The fourth-order valence-electron chi connectivity index (χ4n) is 2.36. The summed E-state index contributed by atoms with van der Waals surface area (Å²) in [6, 6.07) is 8.80. The van der Waals surface area contributed by atoms with E-state index in [2.05, 4.69) is 53.6 Å². The Morgan fingerprint density at radius 1 is 1.30 bits per heavy atom. The number of aryl methyl sites for hydroxylation is 2. The van der Waals surface area contributed by atoms with E-state index < -0.39 is 0 Å². The van der Waals surface area contributed by atoms with Gasteiger partial charge in [-0.2, -0.15) is 4.98 Å². The minimum Gasteiger partial charge on any atom is -0.340 e. The third-order valence-electron chi connectivity index (χ3n) is 3.41. The predicted octanol–water partition coefficient (Wildman–Crippen LogP) is 3.75. The van der Waals surface area contributed by atoms with Gasteiger partial charge in [-0.3, -0.25) is 0 Å². The summed E-state index contributed by atoms with van der Waals surface area (Å²) in [4.78, 5) is 5.57. The second-order valence-electron chi connectivity index (χ2n) is 4.92. The lowest BCUT2D eigenvalue weighted by Crippen LogP contribution is -2.18. The standard InChI is InChI=1S/C15H17N3OS/c1-9-12-6-4-5-7-13(12)20-15(9)10(2)16-8-14-17-11(3)19-18-14/h4-7,10,16H,8H2,1-3H3. The van der Waals surface area contributed by atoms with E-state index in [9.17, 15) is 0 Å². The highest BCUT2D eigenvalue weighted by Crippen LogP contribution is 2.34. The number of aromatic nitrogens is 2. The molecule has 1 unspecified atom stereocenters. The van der Waals surface area contributed by atoms with Crippen LogP contribution in [0.3, 0.4) is 0 Å². The topological polar surface area (TPSA) is 51.0 Å². The maximum atomic E-state index is 4.98. The van der Waals surface area contributed by atoms with E-state index in [1.165, 1.54) is 20.5 Å². The third-order valence-corrected chi connectivity index (χ3v) is 4.87. The largest absolute Gasteiger partial charge is 0.340 e. The smallest absolute Gasteiger partial charge is 0.223 e. The van der Waals surface area contributed by atoms with Gasteiger partial charge in [0.15, 0.2) is 5.82 Å². The number of benzene rings is 1. The van der Waals surface area contributed by atoms with Gasteiger partial charge in [0.1, 0.15) is 0 Å². The molecule has 5 heteroatoms. The first-order valence-corrected chi connectivity index (χ1v) is 7.47. The lowest BCUT2D eigenvalue weighted by Gasteiger charge is -2.11. The van der Waals surface area contributed by atoms with Crippen molar-refractivity contribution in [3.8, 4) is 0 Å². The highest BCUT2D eigenvalue weighted by atomic mass is 32.1. The van der Waals surface area contributed by atoms with Crippen LogP contribution in [0.25, 0.3) is 10.1 Å². The van der Waals surface area contributed by atoms with Crippen molar-refractivity contribution in [1.82, 2.24) is 15.5 Å². The fourth-order valence-corrected chi connectivity index (χ4v) is 3.59. The third kappa shape index (κ3) is 2.46. The first-order valence-electron chi connectivity index (χ1n) is 6.65. The second kappa shape index (κ2) is 5.34. The van der Waals surface area contributed by atoms with E-state index in [0.717, 1.165) is 0 Å². The van der Waals surface area contributed by atoms with Crippen molar-refractivity contribution in [3.05, 3.63) is 46.4 Å². The first kappa shape index (κ1) is 13.3. The summed E-state index contributed by atoms with van der Waals surface area (Å²) < 4.78 is 6.31. The highest BCUT2D eigenvalue weighted by Gasteiger charge is 2.14. The SMILES string of the molecule is Cc1nc(CNC(C)c2sc3ccccc3c2C)no1. The van der Waals surface area contributed by atoms with Crippen LogP contribution in [0.2, 0.25) is 0 Å². The molecule has 20 heavy (non-hydrogen) atoms. The van der Waals surface area contributed by atoms with Gasteiger partial charge in [-0.15, -0.1) is 11.3 Å². The zero-order chi connectivity index (χ0) is 14.1. The molecule has 0 saturated carbocycles. The van der Waals surface area contributed by atoms with E-state index in [-0.39, 0.29) is 6.04 Å². The maximum absolute atomic E-state index is 4.98. The Labute approximate surface area is 121 Å². The summed E-state index contributed by atoms with van der Waals surface area (Å²) in [5.74, 6) is 1.31. The molecule has 2 aromatic heterocycles. The highest BCUT2D eigenvalue weighted by molar-refractivity contribution is 7.19. The van der Waals surface area contributed by atoms with Gasteiger partial charge in [-0.05, 0) is 30.9 Å². The molecule has 1 N–H and O–H groups in total. The summed E-state index contributed by atoms with van der Waals surface area (Å²) in [5, 5.41) is 8.70. The molecule has 3 rings (SSSR count). The van der Waals surface area contributed by atoms with Crippen LogP contribution in [0.1, 0.15) is 35.1 Å². The molecular weight excluding hydrogens is 270 g/mol. The molecule has 0 aliphatic rings. The molecule has 0 aliphatic heterocycles. The molecule has 2 heterocycles. The average Bonchev–Trinajstić information content (AvgIpc) is 3.01. The maximum Gasteiger partial charge on any atom is 0.223 e. The normalized spacial score (nSPS) is 12.9. The number of hydrogen-bond acceptors (Lipinski definition) is 5. The number of thiophene rings is 1. The van der Waals surface area contributed by atoms with Crippen molar-refractivity contribution in [2.75, 3.05) is 0 Å². The van der Waals surface area contributed by atoms with E-state index in [1.54, 1.807) is 6.92 Å². The van der Waals surface area contributed by atoms with Crippen molar-refractivity contribution >= 4 is 21.4 Å². The van der Waals surface area contributed by atoms with E-state index in [0.29, 0.717) is 18.3 Å². The molecule has 0 fully saturated rings. The second-order valence-corrected chi connectivity index (χ2v) is 6.00. The van der Waals surface area contributed by atoms with Crippen molar-refractivity contribution in [1.29, 1.82) is 0 Å². The summed E-state index contributed by atoms with van der Waals surface area (Å²) in [5.41, 5.74) is 1.36. The Kier molecular flexibility index (Phi) is 3.54. The van der Waals surface area contributed by atoms with E-state index >= 15 is 0 Å². The Bertz CT molecular complexity index is 732.